The third-order valence-electron chi connectivity index (χ3n) is 4.82. The Morgan fingerprint density at radius 3 is 2.63 bits per heavy atom. The van der Waals surface area contributed by atoms with E-state index < -0.39 is 10.0 Å². The van der Waals surface area contributed by atoms with Crippen LogP contribution in [-0.2, 0) is 14.8 Å². The lowest BCUT2D eigenvalue weighted by atomic mass is 10.2. The standard InChI is InChI=1S/C19H35N5O3S2.HI/c1-4-20-19(21-9-7-10-24(5-2)29(3,25)26)22-16-17(18-8-6-15-28-18)23-11-13-27-14-12-23;/h6,8,15,17H,4-5,7,9-14,16H2,1-3H3,(H2,20,21,22);1H. The third kappa shape index (κ3) is 9.35. The average molecular weight is 574 g/mol. The smallest absolute Gasteiger partial charge is 0.211 e. The number of guanidine groups is 1. The van der Waals surface area contributed by atoms with Crippen molar-refractivity contribution in [2.45, 2.75) is 26.3 Å². The van der Waals surface area contributed by atoms with Gasteiger partial charge in [0.05, 0.1) is 32.1 Å². The van der Waals surface area contributed by atoms with E-state index in [0.29, 0.717) is 26.2 Å². The van der Waals surface area contributed by atoms with E-state index >= 15 is 0 Å². The van der Waals surface area contributed by atoms with Gasteiger partial charge in [-0.3, -0.25) is 9.89 Å². The molecule has 1 aromatic heterocycles. The monoisotopic (exact) mass is 573 g/mol. The summed E-state index contributed by atoms with van der Waals surface area (Å²) in [4.78, 5) is 8.57. The van der Waals surface area contributed by atoms with Crippen LogP contribution in [0.25, 0.3) is 0 Å². The lowest BCUT2D eigenvalue weighted by molar-refractivity contribution is 0.0186. The SMILES string of the molecule is CCNC(=NCC(c1cccs1)N1CCOCC1)NCCCN(CC)S(C)(=O)=O.I. The molecule has 2 rings (SSSR count). The molecule has 2 heterocycles. The van der Waals surface area contributed by atoms with Crippen LogP contribution in [0.4, 0.5) is 0 Å². The van der Waals surface area contributed by atoms with E-state index in [2.05, 4.69) is 33.0 Å². The number of hydrogen-bond acceptors (Lipinski definition) is 6. The minimum atomic E-state index is -3.14. The van der Waals surface area contributed by atoms with E-state index in [-0.39, 0.29) is 30.0 Å². The van der Waals surface area contributed by atoms with Crippen LogP contribution in [0.2, 0.25) is 0 Å². The Morgan fingerprint density at radius 1 is 1.33 bits per heavy atom. The molecule has 1 saturated heterocycles. The molecule has 1 aliphatic heterocycles. The van der Waals surface area contributed by atoms with Gasteiger partial charge in [0.25, 0.3) is 0 Å². The summed E-state index contributed by atoms with van der Waals surface area (Å²) < 4.78 is 30.4. The van der Waals surface area contributed by atoms with E-state index in [9.17, 15) is 8.42 Å². The van der Waals surface area contributed by atoms with Crippen molar-refractivity contribution in [3.8, 4) is 0 Å². The van der Waals surface area contributed by atoms with E-state index in [1.807, 2.05) is 13.8 Å². The number of halogens is 1. The summed E-state index contributed by atoms with van der Waals surface area (Å²) in [5.41, 5.74) is 0. The van der Waals surface area contributed by atoms with Crippen molar-refractivity contribution < 1.29 is 13.2 Å². The number of hydrogen-bond donors (Lipinski definition) is 2. The minimum Gasteiger partial charge on any atom is -0.379 e. The number of aliphatic imine (C=N–C) groups is 1. The zero-order valence-electron chi connectivity index (χ0n) is 18.2. The summed E-state index contributed by atoms with van der Waals surface area (Å²) in [5.74, 6) is 0.768. The molecule has 11 heteroatoms. The van der Waals surface area contributed by atoms with E-state index in [1.165, 1.54) is 15.4 Å². The number of thiophene rings is 1. The highest BCUT2D eigenvalue weighted by Gasteiger charge is 2.23. The second kappa shape index (κ2) is 14.6. The number of morpholine rings is 1. The van der Waals surface area contributed by atoms with E-state index in [1.54, 1.807) is 11.3 Å². The Hall–Kier alpha value is -0.470. The first kappa shape index (κ1) is 27.6. The van der Waals surface area contributed by atoms with Gasteiger partial charge >= 0.3 is 0 Å². The maximum atomic E-state index is 11.7. The molecule has 174 valence electrons. The Morgan fingerprint density at radius 2 is 2.07 bits per heavy atom. The van der Waals surface area contributed by atoms with Crippen LogP contribution in [0, 0.1) is 0 Å². The molecule has 8 nitrogen and oxygen atoms in total. The molecule has 0 saturated carbocycles. The fraction of sp³-hybridized carbons (Fsp3) is 0.737. The van der Waals surface area contributed by atoms with Crippen LogP contribution in [0.15, 0.2) is 22.5 Å². The number of sulfonamides is 1. The number of nitrogens with zero attached hydrogens (tertiary/aromatic N) is 3. The Balaban J connectivity index is 0.00000450. The van der Waals surface area contributed by atoms with E-state index in [0.717, 1.165) is 45.2 Å². The van der Waals surface area contributed by atoms with Crippen molar-refractivity contribution in [1.29, 1.82) is 0 Å². The highest BCUT2D eigenvalue weighted by molar-refractivity contribution is 14.0. The first-order valence-corrected chi connectivity index (χ1v) is 13.0. The summed E-state index contributed by atoms with van der Waals surface area (Å²) in [6.45, 7) is 10.4. The Labute approximate surface area is 202 Å². The van der Waals surface area contributed by atoms with Gasteiger partial charge in [0, 0.05) is 44.1 Å². The van der Waals surface area contributed by atoms with Crippen LogP contribution in [-0.4, -0.2) is 88.9 Å². The Bertz CT molecular complexity index is 710. The van der Waals surface area contributed by atoms with Crippen molar-refractivity contribution in [3.05, 3.63) is 22.4 Å². The summed E-state index contributed by atoms with van der Waals surface area (Å²) in [6, 6.07) is 4.50. The fourth-order valence-electron chi connectivity index (χ4n) is 3.30. The van der Waals surface area contributed by atoms with Crippen molar-refractivity contribution in [3.63, 3.8) is 0 Å². The van der Waals surface area contributed by atoms with Crippen molar-refractivity contribution in [2.75, 3.05) is 65.3 Å². The first-order valence-electron chi connectivity index (χ1n) is 10.3. The van der Waals surface area contributed by atoms with Gasteiger partial charge < -0.3 is 15.4 Å². The second-order valence-corrected chi connectivity index (χ2v) is 9.90. The summed E-state index contributed by atoms with van der Waals surface area (Å²) in [5, 5.41) is 8.73. The summed E-state index contributed by atoms with van der Waals surface area (Å²) >= 11 is 1.76. The van der Waals surface area contributed by atoms with Crippen molar-refractivity contribution >= 4 is 51.3 Å². The molecule has 0 aromatic carbocycles. The molecular formula is C19H36IN5O3S2. The molecule has 2 N–H and O–H groups in total. The first-order chi connectivity index (χ1) is 14.0. The molecule has 0 aliphatic carbocycles. The number of ether oxygens (including phenoxy) is 1. The van der Waals surface area contributed by atoms with Crippen LogP contribution < -0.4 is 10.6 Å². The van der Waals surface area contributed by atoms with Gasteiger partial charge in [-0.2, -0.15) is 0 Å². The maximum Gasteiger partial charge on any atom is 0.211 e. The molecule has 1 aliphatic rings. The van der Waals surface area contributed by atoms with Crippen LogP contribution in [0.5, 0.6) is 0 Å². The number of nitrogens with one attached hydrogen (secondary N) is 2. The normalized spacial score (nSPS) is 16.9. The molecule has 0 amide bonds. The topological polar surface area (TPSA) is 86.3 Å². The average Bonchev–Trinajstić information content (AvgIpc) is 3.22. The highest BCUT2D eigenvalue weighted by atomic mass is 127. The van der Waals surface area contributed by atoms with E-state index in [4.69, 9.17) is 9.73 Å². The van der Waals surface area contributed by atoms with Crippen molar-refractivity contribution in [1.82, 2.24) is 19.8 Å². The highest BCUT2D eigenvalue weighted by Crippen LogP contribution is 2.26. The van der Waals surface area contributed by atoms with Crippen LogP contribution in [0.1, 0.15) is 31.2 Å². The molecule has 0 radical (unpaired) electrons. The van der Waals surface area contributed by atoms with Gasteiger partial charge in [0.15, 0.2) is 5.96 Å². The van der Waals surface area contributed by atoms with Crippen LogP contribution >= 0.6 is 35.3 Å². The quantitative estimate of drug-likeness (QED) is 0.182. The van der Waals surface area contributed by atoms with Gasteiger partial charge in [-0.05, 0) is 24.8 Å². The maximum absolute atomic E-state index is 11.7. The van der Waals surface area contributed by atoms with Crippen molar-refractivity contribution in [2.24, 2.45) is 4.99 Å². The minimum absolute atomic E-state index is 0. The lowest BCUT2D eigenvalue weighted by Gasteiger charge is -2.33. The van der Waals surface area contributed by atoms with Gasteiger partial charge in [0.1, 0.15) is 0 Å². The number of rotatable bonds is 11. The summed E-state index contributed by atoms with van der Waals surface area (Å²) in [7, 11) is -3.14. The van der Waals surface area contributed by atoms with Gasteiger partial charge in [-0.25, -0.2) is 12.7 Å². The largest absolute Gasteiger partial charge is 0.379 e. The molecule has 30 heavy (non-hydrogen) atoms. The molecular weight excluding hydrogens is 537 g/mol. The zero-order chi connectivity index (χ0) is 21.1. The molecule has 1 fully saturated rings. The fourth-order valence-corrected chi connectivity index (χ4v) is 5.08. The third-order valence-corrected chi connectivity index (χ3v) is 7.18. The molecule has 1 aromatic rings. The molecule has 0 bridgehead atoms. The lowest BCUT2D eigenvalue weighted by Crippen LogP contribution is -2.42. The summed E-state index contributed by atoms with van der Waals surface area (Å²) in [6.07, 6.45) is 1.98. The Kier molecular flexibility index (Phi) is 13.4. The molecule has 1 atom stereocenters. The van der Waals surface area contributed by atoms with Gasteiger partial charge in [-0.15, -0.1) is 35.3 Å². The zero-order valence-corrected chi connectivity index (χ0v) is 22.1. The predicted octanol–water partition coefficient (Wildman–Crippen LogP) is 1.97. The molecule has 0 spiro atoms. The predicted molar refractivity (Wildman–Crippen MR) is 136 cm³/mol. The molecule has 1 unspecified atom stereocenters. The van der Waals surface area contributed by atoms with Gasteiger partial charge in [0.2, 0.25) is 10.0 Å². The second-order valence-electron chi connectivity index (χ2n) is 6.93. The van der Waals surface area contributed by atoms with Gasteiger partial charge in [-0.1, -0.05) is 13.0 Å². The van der Waals surface area contributed by atoms with Crippen LogP contribution in [0.3, 0.4) is 0 Å².